The predicted molar refractivity (Wildman–Crippen MR) is 87.1 cm³/mol. The number of aromatic nitrogens is 2. The van der Waals surface area contributed by atoms with E-state index in [4.69, 9.17) is 10.00 Å². The number of nitriles is 1. The summed E-state index contributed by atoms with van der Waals surface area (Å²) in [5.41, 5.74) is 2.98. The van der Waals surface area contributed by atoms with Crippen LogP contribution in [0.4, 0.5) is 0 Å². The van der Waals surface area contributed by atoms with Gasteiger partial charge in [0.25, 0.3) is 0 Å². The van der Waals surface area contributed by atoms with Crippen molar-refractivity contribution in [3.63, 3.8) is 0 Å². The third-order valence-corrected chi connectivity index (χ3v) is 4.14. The third kappa shape index (κ3) is 2.78. The van der Waals surface area contributed by atoms with Crippen LogP contribution in [0.25, 0.3) is 5.52 Å². The maximum atomic E-state index is 8.97. The van der Waals surface area contributed by atoms with Crippen molar-refractivity contribution in [2.24, 2.45) is 0 Å². The zero-order valence-electron chi connectivity index (χ0n) is 12.2. The fourth-order valence-corrected chi connectivity index (χ4v) is 3.00. The predicted octanol–water partition coefficient (Wildman–Crippen LogP) is 3.70. The summed E-state index contributed by atoms with van der Waals surface area (Å²) in [6.45, 7) is 0.472. The quantitative estimate of drug-likeness (QED) is 0.674. The van der Waals surface area contributed by atoms with Gasteiger partial charge in [-0.1, -0.05) is 30.3 Å². The van der Waals surface area contributed by atoms with Crippen LogP contribution in [0.5, 0.6) is 5.88 Å². The largest absolute Gasteiger partial charge is 0.471 e. The van der Waals surface area contributed by atoms with Gasteiger partial charge in [-0.2, -0.15) is 5.26 Å². The van der Waals surface area contributed by atoms with Crippen molar-refractivity contribution in [1.82, 2.24) is 9.38 Å². The molecule has 0 aliphatic carbocycles. The smallest absolute Gasteiger partial charge is 0.239 e. The van der Waals surface area contributed by atoms with Crippen LogP contribution < -0.4 is 4.74 Å². The Kier molecular flexibility index (Phi) is 4.31. The molecule has 22 heavy (non-hydrogen) atoms. The number of hydrogen-bond donors (Lipinski definition) is 0. The molecule has 0 aliphatic rings. The van der Waals surface area contributed by atoms with Gasteiger partial charge in [0.15, 0.2) is 0 Å². The van der Waals surface area contributed by atoms with Gasteiger partial charge >= 0.3 is 0 Å². The molecule has 3 rings (SSSR count). The van der Waals surface area contributed by atoms with Crippen LogP contribution in [0.3, 0.4) is 0 Å². The topological polar surface area (TPSA) is 50.3 Å². The molecule has 0 N–H and O–H groups in total. The molecule has 0 fully saturated rings. The van der Waals surface area contributed by atoms with E-state index in [0.717, 1.165) is 21.7 Å². The first-order valence-corrected chi connectivity index (χ1v) is 8.12. The molecule has 110 valence electrons. The molecule has 4 nitrogen and oxygen atoms in total. The second kappa shape index (κ2) is 6.54. The molecular weight excluding hydrogens is 294 g/mol. The normalized spacial score (nSPS) is 10.5. The van der Waals surface area contributed by atoms with Crippen molar-refractivity contribution >= 4 is 17.3 Å². The van der Waals surface area contributed by atoms with Crippen LogP contribution in [0.15, 0.2) is 53.7 Å². The summed E-state index contributed by atoms with van der Waals surface area (Å²) in [6.07, 6.45) is 5.96. The maximum absolute atomic E-state index is 8.97. The molecule has 0 aliphatic heterocycles. The fourth-order valence-electron chi connectivity index (χ4n) is 2.36. The van der Waals surface area contributed by atoms with E-state index in [0.29, 0.717) is 18.9 Å². The van der Waals surface area contributed by atoms with Crippen LogP contribution >= 0.6 is 11.8 Å². The monoisotopic (exact) mass is 309 g/mol. The minimum Gasteiger partial charge on any atom is -0.471 e. The van der Waals surface area contributed by atoms with E-state index in [9.17, 15) is 0 Å². The summed E-state index contributed by atoms with van der Waals surface area (Å²) in [5.74, 6) is 0.597. The number of nitrogens with zero attached hydrogens (tertiary/aromatic N) is 3. The van der Waals surface area contributed by atoms with Gasteiger partial charge in [-0.15, -0.1) is 11.8 Å². The molecule has 2 aromatic heterocycles. The van der Waals surface area contributed by atoms with Gasteiger partial charge in [0.1, 0.15) is 12.1 Å². The highest BCUT2D eigenvalue weighted by Crippen LogP contribution is 2.31. The lowest BCUT2D eigenvalue weighted by Crippen LogP contribution is -2.00. The van der Waals surface area contributed by atoms with E-state index >= 15 is 0 Å². The highest BCUT2D eigenvalue weighted by Gasteiger charge is 2.14. The molecule has 0 amide bonds. The van der Waals surface area contributed by atoms with Gasteiger partial charge in [-0.3, -0.25) is 0 Å². The minimum atomic E-state index is 0.365. The highest BCUT2D eigenvalue weighted by molar-refractivity contribution is 7.98. The number of benzene rings is 1. The van der Waals surface area contributed by atoms with Crippen LogP contribution in [0, 0.1) is 11.3 Å². The second-order valence-corrected chi connectivity index (χ2v) is 5.61. The van der Waals surface area contributed by atoms with Gasteiger partial charge in [-0.05, 0) is 17.9 Å². The summed E-state index contributed by atoms with van der Waals surface area (Å²) < 4.78 is 7.90. The molecule has 0 radical (unpaired) electrons. The number of hydrogen-bond acceptors (Lipinski definition) is 4. The third-order valence-electron chi connectivity index (χ3n) is 3.39. The Labute approximate surface area is 133 Å². The molecule has 1 aromatic carbocycles. The van der Waals surface area contributed by atoms with Crippen LogP contribution in [-0.4, -0.2) is 15.6 Å². The van der Waals surface area contributed by atoms with Crippen molar-refractivity contribution in [3.05, 3.63) is 60.0 Å². The Hall–Kier alpha value is -2.45. The zero-order chi connectivity index (χ0) is 15.4. The van der Waals surface area contributed by atoms with Gasteiger partial charge in [0, 0.05) is 23.0 Å². The summed E-state index contributed by atoms with van der Waals surface area (Å²) in [4.78, 5) is 5.44. The Balaban J connectivity index is 1.97. The lowest BCUT2D eigenvalue weighted by Gasteiger charge is -2.08. The summed E-state index contributed by atoms with van der Waals surface area (Å²) in [5, 5.41) is 8.97. The molecule has 5 heteroatoms. The van der Waals surface area contributed by atoms with E-state index in [1.54, 1.807) is 18.0 Å². The van der Waals surface area contributed by atoms with Gasteiger partial charge in [0.2, 0.25) is 5.88 Å². The van der Waals surface area contributed by atoms with Crippen molar-refractivity contribution in [2.45, 2.75) is 17.9 Å². The highest BCUT2D eigenvalue weighted by atomic mass is 32.2. The number of thioether (sulfide) groups is 1. The Morgan fingerprint density at radius 2 is 2.14 bits per heavy atom. The summed E-state index contributed by atoms with van der Waals surface area (Å²) >= 11 is 1.63. The average Bonchev–Trinajstić information content (AvgIpc) is 2.93. The molecule has 0 unspecified atom stereocenters. The maximum Gasteiger partial charge on any atom is 0.239 e. The standard InChI is InChI=1S/C17H15N3OS/c1-22-15-11-14(7-8-18)20-10-9-19-17(16(15)20)21-12-13-5-3-2-4-6-13/h2-6,9-11H,7,12H2,1H3. The zero-order valence-corrected chi connectivity index (χ0v) is 13.0. The Morgan fingerprint density at radius 3 is 2.86 bits per heavy atom. The van der Waals surface area contributed by atoms with Crippen molar-refractivity contribution < 1.29 is 4.74 Å². The van der Waals surface area contributed by atoms with Crippen molar-refractivity contribution in [2.75, 3.05) is 6.26 Å². The second-order valence-electron chi connectivity index (χ2n) is 4.76. The molecule has 3 aromatic rings. The van der Waals surface area contributed by atoms with Crippen LogP contribution in [0.1, 0.15) is 11.3 Å². The van der Waals surface area contributed by atoms with Crippen LogP contribution in [0.2, 0.25) is 0 Å². The molecule has 2 heterocycles. The van der Waals surface area contributed by atoms with Gasteiger partial charge in [-0.25, -0.2) is 4.98 Å². The summed E-state index contributed by atoms with van der Waals surface area (Å²) in [7, 11) is 0. The molecule has 0 bridgehead atoms. The SMILES string of the molecule is CSc1cc(CC#N)n2ccnc(OCc3ccccc3)c12. The minimum absolute atomic E-state index is 0.365. The van der Waals surface area contributed by atoms with Crippen molar-refractivity contribution in [1.29, 1.82) is 5.26 Å². The molecule has 0 saturated heterocycles. The van der Waals surface area contributed by atoms with E-state index in [2.05, 4.69) is 11.1 Å². The average molecular weight is 309 g/mol. The summed E-state index contributed by atoms with van der Waals surface area (Å²) in [6, 6.07) is 14.2. The molecule has 0 spiro atoms. The first-order chi connectivity index (χ1) is 10.8. The Bertz CT molecular complexity index is 821. The number of fused-ring (bicyclic) bond motifs is 1. The first kappa shape index (κ1) is 14.5. The first-order valence-electron chi connectivity index (χ1n) is 6.90. The number of ether oxygens (including phenoxy) is 1. The van der Waals surface area contributed by atoms with E-state index in [1.165, 1.54) is 0 Å². The lowest BCUT2D eigenvalue weighted by atomic mass is 10.2. The fraction of sp³-hybridized carbons (Fsp3) is 0.176. The van der Waals surface area contributed by atoms with Gasteiger partial charge in [0.05, 0.1) is 12.5 Å². The molecular formula is C17H15N3OS. The van der Waals surface area contributed by atoms with E-state index < -0.39 is 0 Å². The van der Waals surface area contributed by atoms with Gasteiger partial charge < -0.3 is 9.14 Å². The Morgan fingerprint density at radius 1 is 1.32 bits per heavy atom. The van der Waals surface area contributed by atoms with E-state index in [1.807, 2.05) is 53.3 Å². The number of rotatable bonds is 5. The van der Waals surface area contributed by atoms with Crippen molar-refractivity contribution in [3.8, 4) is 11.9 Å². The van der Waals surface area contributed by atoms with Crippen LogP contribution in [-0.2, 0) is 13.0 Å². The van der Waals surface area contributed by atoms with E-state index in [-0.39, 0.29) is 0 Å². The molecule has 0 atom stereocenters. The lowest BCUT2D eigenvalue weighted by molar-refractivity contribution is 0.296. The molecule has 0 saturated carbocycles.